The fourth-order valence-corrected chi connectivity index (χ4v) is 4.97. The summed E-state index contributed by atoms with van der Waals surface area (Å²) in [4.78, 5) is 15.5. The van der Waals surface area contributed by atoms with Crippen LogP contribution in [0.1, 0.15) is 56.6 Å². The molecule has 2 aliphatic rings. The van der Waals surface area contributed by atoms with Gasteiger partial charge in [0.05, 0.1) is 19.6 Å². The van der Waals surface area contributed by atoms with Crippen molar-refractivity contribution in [1.82, 2.24) is 0 Å². The molecule has 0 aromatic heterocycles. The lowest BCUT2D eigenvalue weighted by molar-refractivity contribution is -0.941. The van der Waals surface area contributed by atoms with Crippen LogP contribution in [0.4, 0.5) is 5.69 Å². The molecule has 2 heterocycles. The van der Waals surface area contributed by atoms with E-state index in [0.717, 1.165) is 29.7 Å². The van der Waals surface area contributed by atoms with Crippen molar-refractivity contribution in [3.05, 3.63) is 29.3 Å². The van der Waals surface area contributed by atoms with Gasteiger partial charge in [0.1, 0.15) is 0 Å². The lowest BCUT2D eigenvalue weighted by Gasteiger charge is -2.43. The van der Waals surface area contributed by atoms with E-state index in [0.29, 0.717) is 5.91 Å². The minimum absolute atomic E-state index is 0.173. The fourth-order valence-electron chi connectivity index (χ4n) is 4.97. The number of amides is 1. The van der Waals surface area contributed by atoms with Crippen molar-refractivity contribution >= 4 is 11.6 Å². The van der Waals surface area contributed by atoms with Crippen LogP contribution in [0.25, 0.3) is 0 Å². The van der Waals surface area contributed by atoms with E-state index in [9.17, 15) is 4.79 Å². The normalized spacial score (nSPS) is 24.7. The Labute approximate surface area is 147 Å². The van der Waals surface area contributed by atoms with Gasteiger partial charge in [-0.25, -0.2) is 0 Å². The Kier molecular flexibility index (Phi) is 5.29. The van der Waals surface area contributed by atoms with Gasteiger partial charge in [-0.2, -0.15) is 0 Å². The molecule has 0 spiro atoms. The second kappa shape index (κ2) is 7.26. The van der Waals surface area contributed by atoms with Crippen molar-refractivity contribution in [2.45, 2.75) is 65.3 Å². The zero-order chi connectivity index (χ0) is 17.2. The average molecular weight is 330 g/mol. The lowest BCUT2D eigenvalue weighted by Crippen LogP contribution is -2.59. The van der Waals surface area contributed by atoms with Crippen molar-refractivity contribution in [3.63, 3.8) is 0 Å². The minimum Gasteiger partial charge on any atom is -0.314 e. The molecule has 2 aliphatic heterocycles. The molecular formula is C21H33N2O+. The van der Waals surface area contributed by atoms with Crippen molar-refractivity contribution in [1.29, 1.82) is 0 Å². The number of hydrogen-bond acceptors (Lipinski definition) is 1. The standard InChI is InChI=1S/C21H33N2O/c1-4-23(15-8-6-5-7-9-16-23)19-13-14-22(21(19)24)20-17(2)11-10-12-18(20)3/h10-12,19H,4-9,13-16H2,1-3H3/q+1. The van der Waals surface area contributed by atoms with Crippen LogP contribution in [0.2, 0.25) is 0 Å². The number of aryl methyl sites for hydroxylation is 2. The number of carbonyl (C=O) groups is 1. The van der Waals surface area contributed by atoms with Crippen LogP contribution in [-0.2, 0) is 4.79 Å². The smallest absolute Gasteiger partial charge is 0.285 e. The van der Waals surface area contributed by atoms with Gasteiger partial charge in [0, 0.05) is 18.7 Å². The van der Waals surface area contributed by atoms with Crippen LogP contribution in [0.15, 0.2) is 18.2 Å². The Morgan fingerprint density at radius 3 is 2.21 bits per heavy atom. The van der Waals surface area contributed by atoms with Crippen LogP contribution in [0.5, 0.6) is 0 Å². The van der Waals surface area contributed by atoms with E-state index in [1.807, 2.05) is 0 Å². The molecule has 2 saturated heterocycles. The molecule has 1 aromatic carbocycles. The van der Waals surface area contributed by atoms with Crippen molar-refractivity contribution in [2.75, 3.05) is 31.1 Å². The Morgan fingerprint density at radius 2 is 1.62 bits per heavy atom. The number of nitrogens with zero attached hydrogens (tertiary/aromatic N) is 2. The third-order valence-corrected chi connectivity index (χ3v) is 6.38. The third-order valence-electron chi connectivity index (χ3n) is 6.38. The number of quaternary nitrogens is 1. The molecule has 0 N–H and O–H groups in total. The quantitative estimate of drug-likeness (QED) is 0.761. The van der Waals surface area contributed by atoms with Gasteiger partial charge in [-0.15, -0.1) is 0 Å². The maximum atomic E-state index is 13.4. The zero-order valence-electron chi connectivity index (χ0n) is 15.7. The Morgan fingerprint density at radius 1 is 1.04 bits per heavy atom. The van der Waals surface area contributed by atoms with Crippen molar-refractivity contribution in [2.24, 2.45) is 0 Å². The number of carbonyl (C=O) groups excluding carboxylic acids is 1. The highest BCUT2D eigenvalue weighted by molar-refractivity contribution is 6.00. The van der Waals surface area contributed by atoms with E-state index in [2.05, 4.69) is 43.9 Å². The summed E-state index contributed by atoms with van der Waals surface area (Å²) in [5.41, 5.74) is 3.60. The molecular weight excluding hydrogens is 296 g/mol. The van der Waals surface area contributed by atoms with Gasteiger partial charge in [-0.3, -0.25) is 4.79 Å². The summed E-state index contributed by atoms with van der Waals surface area (Å²) in [6.45, 7) is 10.9. The first-order valence-corrected chi connectivity index (χ1v) is 9.82. The van der Waals surface area contributed by atoms with Gasteiger partial charge >= 0.3 is 0 Å². The first-order valence-electron chi connectivity index (χ1n) is 9.82. The molecule has 3 rings (SSSR count). The molecule has 0 bridgehead atoms. The monoisotopic (exact) mass is 329 g/mol. The number of hydrogen-bond donors (Lipinski definition) is 0. The van der Waals surface area contributed by atoms with Crippen LogP contribution in [0, 0.1) is 13.8 Å². The molecule has 132 valence electrons. The largest absolute Gasteiger partial charge is 0.314 e. The second-order valence-corrected chi connectivity index (χ2v) is 7.78. The van der Waals surface area contributed by atoms with E-state index in [1.54, 1.807) is 0 Å². The van der Waals surface area contributed by atoms with E-state index < -0.39 is 0 Å². The lowest BCUT2D eigenvalue weighted by atomic mass is 10.0. The summed E-state index contributed by atoms with van der Waals surface area (Å²) in [7, 11) is 0. The highest BCUT2D eigenvalue weighted by atomic mass is 16.2. The molecule has 0 radical (unpaired) electrons. The van der Waals surface area contributed by atoms with E-state index in [-0.39, 0.29) is 6.04 Å². The number of benzene rings is 1. The van der Waals surface area contributed by atoms with Crippen molar-refractivity contribution < 1.29 is 9.28 Å². The van der Waals surface area contributed by atoms with E-state index in [1.165, 1.54) is 56.3 Å². The predicted octanol–water partition coefficient (Wildman–Crippen LogP) is 4.21. The summed E-state index contributed by atoms with van der Waals surface area (Å²) in [6, 6.07) is 6.52. The Bertz CT molecular complexity index is 567. The maximum absolute atomic E-state index is 13.4. The number of likely N-dealkylation sites (tertiary alicyclic amines) is 1. The van der Waals surface area contributed by atoms with Gasteiger partial charge in [-0.1, -0.05) is 24.6 Å². The average Bonchev–Trinajstić information content (AvgIpc) is 2.90. The molecule has 0 aliphatic carbocycles. The molecule has 1 atom stereocenters. The van der Waals surface area contributed by atoms with Crippen LogP contribution in [-0.4, -0.2) is 42.6 Å². The van der Waals surface area contributed by atoms with Gasteiger partial charge in [-0.05, 0) is 57.6 Å². The SMILES string of the molecule is CC[N+]1(C2CCN(c3c(C)cccc3C)C2=O)CCCCCCC1. The minimum atomic E-state index is 0.173. The first-order chi connectivity index (χ1) is 11.6. The maximum Gasteiger partial charge on any atom is 0.285 e. The van der Waals surface area contributed by atoms with Gasteiger partial charge < -0.3 is 9.38 Å². The number of anilines is 1. The highest BCUT2D eigenvalue weighted by Gasteiger charge is 2.47. The number of rotatable bonds is 3. The number of para-hydroxylation sites is 1. The van der Waals surface area contributed by atoms with E-state index in [4.69, 9.17) is 0 Å². The number of likely N-dealkylation sites (N-methyl/N-ethyl adjacent to an activating group) is 1. The van der Waals surface area contributed by atoms with E-state index >= 15 is 0 Å². The van der Waals surface area contributed by atoms with Gasteiger partial charge in [0.2, 0.25) is 0 Å². The molecule has 1 unspecified atom stereocenters. The van der Waals surface area contributed by atoms with Gasteiger partial charge in [0.25, 0.3) is 5.91 Å². The summed E-state index contributed by atoms with van der Waals surface area (Å²) in [5.74, 6) is 0.370. The second-order valence-electron chi connectivity index (χ2n) is 7.78. The molecule has 1 amide bonds. The molecule has 24 heavy (non-hydrogen) atoms. The van der Waals surface area contributed by atoms with Crippen LogP contribution >= 0.6 is 0 Å². The van der Waals surface area contributed by atoms with Gasteiger partial charge in [0.15, 0.2) is 6.04 Å². The fraction of sp³-hybridized carbons (Fsp3) is 0.667. The van der Waals surface area contributed by atoms with Crippen LogP contribution in [0.3, 0.4) is 0 Å². The molecule has 2 fully saturated rings. The third kappa shape index (κ3) is 3.11. The van der Waals surface area contributed by atoms with Crippen LogP contribution < -0.4 is 4.90 Å². The first kappa shape index (κ1) is 17.5. The Balaban J connectivity index is 1.87. The molecule has 3 nitrogen and oxygen atoms in total. The molecule has 1 aromatic rings. The topological polar surface area (TPSA) is 20.3 Å². The highest BCUT2D eigenvalue weighted by Crippen LogP contribution is 2.34. The predicted molar refractivity (Wildman–Crippen MR) is 100 cm³/mol. The summed E-state index contributed by atoms with van der Waals surface area (Å²) < 4.78 is 1.03. The zero-order valence-corrected chi connectivity index (χ0v) is 15.7. The summed E-state index contributed by atoms with van der Waals surface area (Å²) in [6.07, 6.45) is 7.61. The molecule has 0 saturated carbocycles. The summed E-state index contributed by atoms with van der Waals surface area (Å²) in [5, 5.41) is 0. The van der Waals surface area contributed by atoms with Crippen molar-refractivity contribution in [3.8, 4) is 0 Å². The summed E-state index contributed by atoms with van der Waals surface area (Å²) >= 11 is 0. The Hall–Kier alpha value is -1.35. The molecule has 3 heteroatoms.